The highest BCUT2D eigenvalue weighted by molar-refractivity contribution is 6.33. The van der Waals surface area contributed by atoms with Crippen LogP contribution in [0.3, 0.4) is 0 Å². The number of hydrogen-bond donors (Lipinski definition) is 1. The molecule has 1 saturated heterocycles. The Hall–Kier alpha value is -3.56. The van der Waals surface area contributed by atoms with Gasteiger partial charge in [0, 0.05) is 62.1 Å². The van der Waals surface area contributed by atoms with Crippen LogP contribution in [-0.4, -0.2) is 63.4 Å². The van der Waals surface area contributed by atoms with Gasteiger partial charge < -0.3 is 19.9 Å². The average molecular weight is 512 g/mol. The van der Waals surface area contributed by atoms with E-state index in [0.29, 0.717) is 46.2 Å². The zero-order valence-electron chi connectivity index (χ0n) is 19.2. The van der Waals surface area contributed by atoms with Gasteiger partial charge in [0.2, 0.25) is 11.9 Å². The summed E-state index contributed by atoms with van der Waals surface area (Å²) in [5.41, 5.74) is 3.70. The largest absolute Gasteiger partial charge is 0.494 e. The predicted molar refractivity (Wildman–Crippen MR) is 137 cm³/mol. The molecule has 35 heavy (non-hydrogen) atoms. The molecule has 0 aliphatic carbocycles. The zero-order valence-corrected chi connectivity index (χ0v) is 20.7. The third kappa shape index (κ3) is 4.69. The van der Waals surface area contributed by atoms with Crippen LogP contribution in [-0.2, 0) is 4.79 Å². The number of amides is 1. The van der Waals surface area contributed by atoms with Crippen LogP contribution in [0.1, 0.15) is 6.92 Å². The molecule has 0 spiro atoms. The molecule has 1 amide bonds. The van der Waals surface area contributed by atoms with Crippen LogP contribution < -0.4 is 15.0 Å². The SMILES string of the molecule is COc1cc(N2CCN(C(C)=O)CC2)ccc1Nc1ncc(Cl)c(-c2cnc3cc(Cl)ccn23)n1. The van der Waals surface area contributed by atoms with Gasteiger partial charge >= 0.3 is 0 Å². The van der Waals surface area contributed by atoms with Crippen molar-refractivity contribution in [2.24, 2.45) is 0 Å². The summed E-state index contributed by atoms with van der Waals surface area (Å²) in [6.45, 7) is 4.55. The van der Waals surface area contributed by atoms with Crippen molar-refractivity contribution in [3.05, 3.63) is 59.0 Å². The summed E-state index contributed by atoms with van der Waals surface area (Å²) in [5, 5.41) is 4.24. The normalized spacial score (nSPS) is 13.8. The Labute approximate surface area is 212 Å². The lowest BCUT2D eigenvalue weighted by Gasteiger charge is -2.35. The molecular weight excluding hydrogens is 489 g/mol. The molecule has 0 atom stereocenters. The van der Waals surface area contributed by atoms with Gasteiger partial charge in [0.15, 0.2) is 0 Å². The molecule has 4 heterocycles. The smallest absolute Gasteiger partial charge is 0.227 e. The van der Waals surface area contributed by atoms with E-state index in [1.54, 1.807) is 38.6 Å². The highest BCUT2D eigenvalue weighted by Crippen LogP contribution is 2.33. The highest BCUT2D eigenvalue weighted by Gasteiger charge is 2.20. The summed E-state index contributed by atoms with van der Waals surface area (Å²) in [6, 6.07) is 9.46. The molecule has 5 rings (SSSR count). The molecule has 0 radical (unpaired) electrons. The minimum Gasteiger partial charge on any atom is -0.494 e. The fourth-order valence-corrected chi connectivity index (χ4v) is 4.46. The summed E-state index contributed by atoms with van der Waals surface area (Å²) < 4.78 is 7.51. The van der Waals surface area contributed by atoms with E-state index >= 15 is 0 Å². The number of methoxy groups -OCH3 is 1. The molecule has 1 N–H and O–H groups in total. The number of aromatic nitrogens is 4. The van der Waals surface area contributed by atoms with Gasteiger partial charge in [-0.3, -0.25) is 9.20 Å². The van der Waals surface area contributed by atoms with E-state index in [9.17, 15) is 4.79 Å². The van der Waals surface area contributed by atoms with Crippen molar-refractivity contribution < 1.29 is 9.53 Å². The monoisotopic (exact) mass is 511 g/mol. The van der Waals surface area contributed by atoms with Crippen LogP contribution >= 0.6 is 23.2 Å². The summed E-state index contributed by atoms with van der Waals surface area (Å²) in [4.78, 5) is 29.1. The number of nitrogens with zero attached hydrogens (tertiary/aromatic N) is 6. The van der Waals surface area contributed by atoms with Crippen molar-refractivity contribution >= 4 is 52.1 Å². The van der Waals surface area contributed by atoms with Crippen LogP contribution in [0, 0.1) is 0 Å². The maximum atomic E-state index is 11.6. The number of carbonyl (C=O) groups excluding carboxylic acids is 1. The summed E-state index contributed by atoms with van der Waals surface area (Å²) in [6.07, 6.45) is 5.07. The van der Waals surface area contributed by atoms with E-state index in [1.807, 2.05) is 33.7 Å². The first-order chi connectivity index (χ1) is 16.9. The highest BCUT2D eigenvalue weighted by atomic mass is 35.5. The molecule has 9 nitrogen and oxygen atoms in total. The topological polar surface area (TPSA) is 87.9 Å². The Balaban J connectivity index is 1.40. The van der Waals surface area contributed by atoms with Gasteiger partial charge in [-0.2, -0.15) is 0 Å². The molecule has 4 aromatic rings. The number of pyridine rings is 1. The first-order valence-electron chi connectivity index (χ1n) is 11.0. The van der Waals surface area contributed by atoms with E-state index < -0.39 is 0 Å². The van der Waals surface area contributed by atoms with Crippen molar-refractivity contribution in [1.29, 1.82) is 0 Å². The quantitative estimate of drug-likeness (QED) is 0.421. The number of carbonyl (C=O) groups is 1. The van der Waals surface area contributed by atoms with Gasteiger partial charge in [0.05, 0.1) is 35.9 Å². The fourth-order valence-electron chi connectivity index (χ4n) is 4.12. The molecule has 3 aromatic heterocycles. The lowest BCUT2D eigenvalue weighted by Crippen LogP contribution is -2.48. The fraction of sp³-hybridized carbons (Fsp3) is 0.250. The molecule has 0 saturated carbocycles. The van der Waals surface area contributed by atoms with Gasteiger partial charge in [-0.1, -0.05) is 23.2 Å². The Morgan fingerprint density at radius 3 is 2.60 bits per heavy atom. The maximum Gasteiger partial charge on any atom is 0.227 e. The Morgan fingerprint density at radius 2 is 1.86 bits per heavy atom. The van der Waals surface area contributed by atoms with E-state index in [0.717, 1.165) is 30.2 Å². The number of nitrogens with one attached hydrogen (secondary N) is 1. The number of benzene rings is 1. The van der Waals surface area contributed by atoms with Crippen LogP contribution in [0.25, 0.3) is 17.0 Å². The number of halogens is 2. The van der Waals surface area contributed by atoms with Crippen LogP contribution in [0.5, 0.6) is 5.75 Å². The van der Waals surface area contributed by atoms with Crippen molar-refractivity contribution in [2.45, 2.75) is 6.92 Å². The summed E-state index contributed by atoms with van der Waals surface area (Å²) >= 11 is 12.5. The van der Waals surface area contributed by atoms with Crippen molar-refractivity contribution in [3.63, 3.8) is 0 Å². The Morgan fingerprint density at radius 1 is 1.06 bits per heavy atom. The summed E-state index contributed by atoms with van der Waals surface area (Å²) in [5.74, 6) is 1.13. The second-order valence-electron chi connectivity index (χ2n) is 8.11. The molecule has 11 heteroatoms. The Bertz CT molecular complexity index is 1400. The summed E-state index contributed by atoms with van der Waals surface area (Å²) in [7, 11) is 1.62. The van der Waals surface area contributed by atoms with E-state index in [2.05, 4.69) is 25.2 Å². The third-order valence-electron chi connectivity index (χ3n) is 5.98. The standard InChI is InChI=1S/C24H23Cl2N7O2/c1-15(34)31-7-9-32(10-8-31)17-3-4-19(21(12-17)35-2)29-24-28-13-18(26)23(30-24)20-14-27-22-11-16(25)5-6-33(20)22/h3-6,11-14H,7-10H2,1-2H3,(H,28,29,30). The number of ether oxygens (including phenoxy) is 1. The van der Waals surface area contributed by atoms with Crippen LogP contribution in [0.15, 0.2) is 48.9 Å². The van der Waals surface area contributed by atoms with Crippen LogP contribution in [0.4, 0.5) is 17.3 Å². The number of rotatable bonds is 5. The maximum absolute atomic E-state index is 11.6. The molecular formula is C24H23Cl2N7O2. The van der Waals surface area contributed by atoms with Gasteiger partial charge in [-0.05, 0) is 18.2 Å². The molecule has 1 fully saturated rings. The first kappa shape index (κ1) is 23.2. The Kier molecular flexibility index (Phi) is 6.36. The molecule has 180 valence electrons. The number of imidazole rings is 1. The van der Waals surface area contributed by atoms with E-state index in [-0.39, 0.29) is 5.91 Å². The zero-order chi connectivity index (χ0) is 24.5. The van der Waals surface area contributed by atoms with Crippen molar-refractivity contribution in [1.82, 2.24) is 24.3 Å². The van der Waals surface area contributed by atoms with Gasteiger partial charge in [-0.25, -0.2) is 15.0 Å². The second-order valence-corrected chi connectivity index (χ2v) is 8.95. The second kappa shape index (κ2) is 9.59. The number of anilines is 3. The van der Waals surface area contributed by atoms with E-state index in [1.165, 1.54) is 0 Å². The first-order valence-corrected chi connectivity index (χ1v) is 11.8. The van der Waals surface area contributed by atoms with Gasteiger partial charge in [0.1, 0.15) is 17.1 Å². The van der Waals surface area contributed by atoms with Crippen molar-refractivity contribution in [2.75, 3.05) is 43.5 Å². The predicted octanol–water partition coefficient (Wildman–Crippen LogP) is 4.52. The minimum atomic E-state index is 0.108. The molecule has 0 unspecified atom stereocenters. The minimum absolute atomic E-state index is 0.108. The van der Waals surface area contributed by atoms with Gasteiger partial charge in [-0.15, -0.1) is 0 Å². The lowest BCUT2D eigenvalue weighted by atomic mass is 10.2. The van der Waals surface area contributed by atoms with Crippen molar-refractivity contribution in [3.8, 4) is 17.1 Å². The molecule has 0 bridgehead atoms. The molecule has 1 aliphatic rings. The lowest BCUT2D eigenvalue weighted by molar-refractivity contribution is -0.129. The number of piperazine rings is 1. The third-order valence-corrected chi connectivity index (χ3v) is 6.50. The number of fused-ring (bicyclic) bond motifs is 1. The molecule has 1 aliphatic heterocycles. The number of hydrogen-bond acceptors (Lipinski definition) is 7. The van der Waals surface area contributed by atoms with Gasteiger partial charge in [0.25, 0.3) is 0 Å². The molecule has 1 aromatic carbocycles. The average Bonchev–Trinajstić information content (AvgIpc) is 3.28. The van der Waals surface area contributed by atoms with E-state index in [4.69, 9.17) is 27.9 Å². The van der Waals surface area contributed by atoms with Crippen LogP contribution in [0.2, 0.25) is 10.0 Å².